The number of carbonyl (C=O) groups excluding carboxylic acids is 1. The molecule has 0 radical (unpaired) electrons. The van der Waals surface area contributed by atoms with Crippen molar-refractivity contribution >= 4 is 29.1 Å². The van der Waals surface area contributed by atoms with Gasteiger partial charge in [0.05, 0.1) is 12.2 Å². The number of benzene rings is 1. The molecule has 0 spiro atoms. The highest BCUT2D eigenvalue weighted by molar-refractivity contribution is 6.34. The Morgan fingerprint density at radius 3 is 2.38 bits per heavy atom. The molecule has 1 heterocycles. The smallest absolute Gasteiger partial charge is 0.315 e. The summed E-state index contributed by atoms with van der Waals surface area (Å²) in [7, 11) is 0. The lowest BCUT2D eigenvalue weighted by Gasteiger charge is -2.10. The summed E-state index contributed by atoms with van der Waals surface area (Å²) < 4.78 is 26.3. The summed E-state index contributed by atoms with van der Waals surface area (Å²) in [5.41, 5.74) is 4.04. The van der Waals surface area contributed by atoms with Crippen LogP contribution in [-0.4, -0.2) is 28.7 Å². The molecule has 8 heteroatoms. The van der Waals surface area contributed by atoms with E-state index in [1.807, 2.05) is 26.0 Å². The Morgan fingerprint density at radius 1 is 1.19 bits per heavy atom. The van der Waals surface area contributed by atoms with Crippen molar-refractivity contribution in [2.24, 2.45) is 0 Å². The summed E-state index contributed by atoms with van der Waals surface area (Å²) in [5.74, 6) is -1.26. The van der Waals surface area contributed by atoms with E-state index in [0.717, 1.165) is 35.4 Å². The van der Waals surface area contributed by atoms with Crippen molar-refractivity contribution in [3.8, 4) is 0 Å². The minimum Gasteiger partial charge on any atom is -0.349 e. The molecule has 142 valence electrons. The largest absolute Gasteiger partial charge is 0.349 e. The molecule has 1 amide bonds. The Bertz CT molecular complexity index is 758. The van der Waals surface area contributed by atoms with Gasteiger partial charge < -0.3 is 5.32 Å². The molecule has 0 aliphatic heterocycles. The summed E-state index contributed by atoms with van der Waals surface area (Å²) in [5, 5.41) is 7.95. The number of amides is 1. The molecule has 0 bridgehead atoms. The number of carbonyl (C=O) groups is 1. The fourth-order valence-corrected chi connectivity index (χ4v) is 3.51. The molecule has 2 aromatic rings. The zero-order valence-electron chi connectivity index (χ0n) is 14.7. The highest BCUT2D eigenvalue weighted by atomic mass is 35.5. The first-order chi connectivity index (χ1) is 12.3. The van der Waals surface area contributed by atoms with Gasteiger partial charge in [0.1, 0.15) is 0 Å². The standard InChI is InChI=1S/C18H21Cl2F2N3O/c1-3-15-14(9-11-7-12(19)10-13(20)8-11)16(4-2)25(24-15)6-5-23-18(26)17(21)22/h7-8,10,17H,3-6,9H2,1-2H3,(H,23,26). The molecule has 0 aliphatic carbocycles. The molecule has 4 nitrogen and oxygen atoms in total. The summed E-state index contributed by atoms with van der Waals surface area (Å²) >= 11 is 12.2. The number of hydrogen-bond donors (Lipinski definition) is 1. The number of halogens is 4. The number of nitrogens with zero attached hydrogens (tertiary/aromatic N) is 2. The molecule has 26 heavy (non-hydrogen) atoms. The van der Waals surface area contributed by atoms with E-state index in [1.165, 1.54) is 0 Å². The second-order valence-corrected chi connectivity index (χ2v) is 6.72. The zero-order chi connectivity index (χ0) is 19.3. The van der Waals surface area contributed by atoms with Gasteiger partial charge in [-0.05, 0) is 36.6 Å². The van der Waals surface area contributed by atoms with Crippen LogP contribution in [0.1, 0.15) is 36.4 Å². The van der Waals surface area contributed by atoms with Crippen molar-refractivity contribution in [2.45, 2.75) is 46.1 Å². The molecule has 1 N–H and O–H groups in total. The summed E-state index contributed by atoms with van der Waals surface area (Å²) in [6.07, 6.45) is -0.893. The summed E-state index contributed by atoms with van der Waals surface area (Å²) in [4.78, 5) is 11.0. The van der Waals surface area contributed by atoms with Gasteiger partial charge in [0.15, 0.2) is 0 Å². The van der Waals surface area contributed by atoms with Crippen LogP contribution in [0.5, 0.6) is 0 Å². The Labute approximate surface area is 161 Å². The first kappa shape index (κ1) is 20.6. The van der Waals surface area contributed by atoms with Crippen LogP contribution >= 0.6 is 23.2 Å². The maximum atomic E-state index is 12.3. The van der Waals surface area contributed by atoms with Crippen LogP contribution in [0.2, 0.25) is 10.0 Å². The van der Waals surface area contributed by atoms with Gasteiger partial charge in [-0.1, -0.05) is 37.0 Å². The number of rotatable bonds is 8. The van der Waals surface area contributed by atoms with E-state index < -0.39 is 12.3 Å². The average molecular weight is 404 g/mol. The molecule has 0 fully saturated rings. The lowest BCUT2D eigenvalue weighted by molar-refractivity contribution is -0.131. The highest BCUT2D eigenvalue weighted by Crippen LogP contribution is 2.25. The van der Waals surface area contributed by atoms with Crippen molar-refractivity contribution in [3.63, 3.8) is 0 Å². The van der Waals surface area contributed by atoms with Crippen LogP contribution in [-0.2, 0) is 30.6 Å². The molecule has 0 saturated heterocycles. The predicted molar refractivity (Wildman–Crippen MR) is 99.3 cm³/mol. The summed E-state index contributed by atoms with van der Waals surface area (Å²) in [6, 6.07) is 5.42. The maximum absolute atomic E-state index is 12.3. The average Bonchev–Trinajstić information content (AvgIpc) is 2.90. The van der Waals surface area contributed by atoms with E-state index >= 15 is 0 Å². The Morgan fingerprint density at radius 2 is 1.85 bits per heavy atom. The second kappa shape index (κ2) is 9.33. The van der Waals surface area contributed by atoms with Crippen molar-refractivity contribution < 1.29 is 13.6 Å². The van der Waals surface area contributed by atoms with Gasteiger partial charge in [0, 0.05) is 34.3 Å². The monoisotopic (exact) mass is 403 g/mol. The molecule has 0 saturated carbocycles. The molecular weight excluding hydrogens is 383 g/mol. The normalized spacial score (nSPS) is 11.2. The Hall–Kier alpha value is -1.66. The van der Waals surface area contributed by atoms with E-state index in [0.29, 0.717) is 23.0 Å². The number of aromatic nitrogens is 2. The highest BCUT2D eigenvalue weighted by Gasteiger charge is 2.18. The van der Waals surface area contributed by atoms with Gasteiger partial charge in [0.25, 0.3) is 5.91 Å². The van der Waals surface area contributed by atoms with Crippen molar-refractivity contribution in [3.05, 3.63) is 50.8 Å². The van der Waals surface area contributed by atoms with Crippen LogP contribution in [0.15, 0.2) is 18.2 Å². The molecule has 0 aliphatic rings. The fraction of sp³-hybridized carbons (Fsp3) is 0.444. The van der Waals surface area contributed by atoms with E-state index in [4.69, 9.17) is 23.2 Å². The third-order valence-electron chi connectivity index (χ3n) is 4.04. The quantitative estimate of drug-likeness (QED) is 0.714. The van der Waals surface area contributed by atoms with E-state index in [1.54, 1.807) is 10.7 Å². The van der Waals surface area contributed by atoms with Crippen molar-refractivity contribution in [1.29, 1.82) is 0 Å². The van der Waals surface area contributed by atoms with Crippen LogP contribution in [0.3, 0.4) is 0 Å². The van der Waals surface area contributed by atoms with Crippen LogP contribution in [0, 0.1) is 0 Å². The van der Waals surface area contributed by atoms with E-state index in [-0.39, 0.29) is 6.54 Å². The third kappa shape index (κ3) is 5.17. The van der Waals surface area contributed by atoms with Crippen LogP contribution < -0.4 is 5.32 Å². The van der Waals surface area contributed by atoms with Gasteiger partial charge in [-0.15, -0.1) is 0 Å². The van der Waals surface area contributed by atoms with E-state index in [9.17, 15) is 13.6 Å². The van der Waals surface area contributed by atoms with E-state index in [2.05, 4.69) is 10.4 Å². The minimum atomic E-state index is -3.01. The predicted octanol–water partition coefficient (Wildman–Crippen LogP) is 4.29. The number of hydrogen-bond acceptors (Lipinski definition) is 2. The van der Waals surface area contributed by atoms with Crippen molar-refractivity contribution in [2.75, 3.05) is 6.54 Å². The lowest BCUT2D eigenvalue weighted by atomic mass is 10.0. The molecule has 1 aromatic heterocycles. The molecular formula is C18H21Cl2F2N3O. The first-order valence-corrected chi connectivity index (χ1v) is 9.19. The summed E-state index contributed by atoms with van der Waals surface area (Å²) in [6.45, 7) is 4.46. The van der Waals surface area contributed by atoms with Crippen LogP contribution in [0.4, 0.5) is 8.78 Å². The number of alkyl halides is 2. The molecule has 0 unspecified atom stereocenters. The van der Waals surface area contributed by atoms with Gasteiger partial charge in [0.2, 0.25) is 0 Å². The topological polar surface area (TPSA) is 46.9 Å². The molecule has 0 atom stereocenters. The third-order valence-corrected chi connectivity index (χ3v) is 4.48. The second-order valence-electron chi connectivity index (χ2n) is 5.85. The van der Waals surface area contributed by atoms with Crippen molar-refractivity contribution in [1.82, 2.24) is 15.1 Å². The van der Waals surface area contributed by atoms with Gasteiger partial charge in [-0.2, -0.15) is 13.9 Å². The van der Waals surface area contributed by atoms with Gasteiger partial charge >= 0.3 is 6.43 Å². The van der Waals surface area contributed by atoms with Crippen LogP contribution in [0.25, 0.3) is 0 Å². The SMILES string of the molecule is CCc1nn(CCNC(=O)C(F)F)c(CC)c1Cc1cc(Cl)cc(Cl)c1. The maximum Gasteiger partial charge on any atom is 0.315 e. The number of nitrogens with one attached hydrogen (secondary N) is 1. The fourth-order valence-electron chi connectivity index (χ4n) is 2.94. The minimum absolute atomic E-state index is 0.101. The Balaban J connectivity index is 2.22. The zero-order valence-corrected chi connectivity index (χ0v) is 16.2. The molecule has 1 aromatic carbocycles. The molecule has 2 rings (SSSR count). The lowest BCUT2D eigenvalue weighted by Crippen LogP contribution is -2.32. The first-order valence-electron chi connectivity index (χ1n) is 8.43. The van der Waals surface area contributed by atoms with Gasteiger partial charge in [-0.3, -0.25) is 9.48 Å². The Kier molecular flexibility index (Phi) is 7.41. The van der Waals surface area contributed by atoms with Gasteiger partial charge in [-0.25, -0.2) is 0 Å². The number of aryl methyl sites for hydroxylation is 1.